The molecule has 2 aromatic rings. The van der Waals surface area contributed by atoms with Crippen molar-refractivity contribution in [1.82, 2.24) is 4.31 Å². The zero-order valence-corrected chi connectivity index (χ0v) is 12.7. The van der Waals surface area contributed by atoms with Crippen LogP contribution in [0.2, 0.25) is 0 Å². The second-order valence-electron chi connectivity index (χ2n) is 4.31. The third kappa shape index (κ3) is 3.23. The third-order valence-corrected chi connectivity index (χ3v) is 6.19. The van der Waals surface area contributed by atoms with E-state index in [2.05, 4.69) is 0 Å². The summed E-state index contributed by atoms with van der Waals surface area (Å²) < 4.78 is 25.7. The first-order valence-corrected chi connectivity index (χ1v) is 8.14. The van der Waals surface area contributed by atoms with Gasteiger partial charge in [0.1, 0.15) is 14.8 Å². The van der Waals surface area contributed by atoms with Crippen LogP contribution < -0.4 is 0 Å². The first-order valence-electron chi connectivity index (χ1n) is 5.88. The Morgan fingerprint density at radius 2 is 1.90 bits per heavy atom. The van der Waals surface area contributed by atoms with E-state index in [1.807, 2.05) is 0 Å². The van der Waals surface area contributed by atoms with Crippen LogP contribution >= 0.6 is 11.3 Å². The molecule has 6 nitrogen and oxygen atoms in total. The number of carbonyl (C=O) groups is 1. The molecule has 112 valence electrons. The van der Waals surface area contributed by atoms with Gasteiger partial charge in [-0.3, -0.25) is 0 Å². The number of aromatic hydroxyl groups is 1. The highest BCUT2D eigenvalue weighted by Gasteiger charge is 2.24. The van der Waals surface area contributed by atoms with Gasteiger partial charge in [-0.1, -0.05) is 18.2 Å². The van der Waals surface area contributed by atoms with Crippen molar-refractivity contribution in [3.8, 4) is 5.75 Å². The molecule has 0 amide bonds. The highest BCUT2D eigenvalue weighted by Crippen LogP contribution is 2.26. The maximum Gasteiger partial charge on any atom is 0.345 e. The number of phenolic OH excluding ortho intramolecular Hbond substituents is 1. The van der Waals surface area contributed by atoms with Gasteiger partial charge < -0.3 is 10.2 Å². The number of benzene rings is 1. The van der Waals surface area contributed by atoms with Gasteiger partial charge in [0.2, 0.25) is 0 Å². The fraction of sp³-hybridized carbons (Fsp3) is 0.154. The van der Waals surface area contributed by atoms with E-state index in [4.69, 9.17) is 5.11 Å². The normalized spacial score (nSPS) is 11.7. The lowest BCUT2D eigenvalue weighted by atomic mass is 10.2. The van der Waals surface area contributed by atoms with Gasteiger partial charge in [-0.15, -0.1) is 11.3 Å². The highest BCUT2D eigenvalue weighted by molar-refractivity contribution is 7.91. The number of nitrogens with zero attached hydrogens (tertiary/aromatic N) is 1. The highest BCUT2D eigenvalue weighted by atomic mass is 32.2. The van der Waals surface area contributed by atoms with Crippen LogP contribution in [0.3, 0.4) is 0 Å². The predicted molar refractivity (Wildman–Crippen MR) is 78.0 cm³/mol. The Morgan fingerprint density at radius 1 is 1.24 bits per heavy atom. The summed E-state index contributed by atoms with van der Waals surface area (Å²) in [5.74, 6) is -1.15. The molecule has 0 saturated heterocycles. The number of carboxylic acid groups (broad SMARTS) is 1. The van der Waals surface area contributed by atoms with Crippen molar-refractivity contribution in [2.45, 2.75) is 10.8 Å². The second-order valence-corrected chi connectivity index (χ2v) is 7.67. The van der Waals surface area contributed by atoms with Gasteiger partial charge in [0, 0.05) is 19.2 Å². The maximum absolute atomic E-state index is 12.3. The molecule has 1 aromatic carbocycles. The Kier molecular flexibility index (Phi) is 4.31. The molecule has 0 aliphatic rings. The van der Waals surface area contributed by atoms with Crippen LogP contribution in [0.15, 0.2) is 40.6 Å². The van der Waals surface area contributed by atoms with Crippen molar-refractivity contribution in [2.24, 2.45) is 0 Å². The molecule has 1 aromatic heterocycles. The average Bonchev–Trinajstić information content (AvgIpc) is 2.91. The van der Waals surface area contributed by atoms with E-state index < -0.39 is 16.0 Å². The molecule has 0 spiro atoms. The lowest BCUT2D eigenvalue weighted by Crippen LogP contribution is -2.25. The number of sulfonamides is 1. The largest absolute Gasteiger partial charge is 0.508 e. The molecule has 21 heavy (non-hydrogen) atoms. The number of phenols is 1. The molecule has 2 N–H and O–H groups in total. The van der Waals surface area contributed by atoms with Crippen LogP contribution in [-0.2, 0) is 16.6 Å². The topological polar surface area (TPSA) is 94.9 Å². The summed E-state index contributed by atoms with van der Waals surface area (Å²) in [6.45, 7) is -0.00465. The fourth-order valence-electron chi connectivity index (χ4n) is 1.70. The quantitative estimate of drug-likeness (QED) is 0.875. The summed E-state index contributed by atoms with van der Waals surface area (Å²) >= 11 is 0.699. The molecule has 0 radical (unpaired) electrons. The minimum atomic E-state index is -3.79. The number of thiophene rings is 1. The summed E-state index contributed by atoms with van der Waals surface area (Å²) in [5.41, 5.74) is 0.471. The molecule has 0 bridgehead atoms. The number of rotatable bonds is 5. The van der Waals surface area contributed by atoms with E-state index >= 15 is 0 Å². The van der Waals surface area contributed by atoms with E-state index in [-0.39, 0.29) is 21.4 Å². The number of para-hydroxylation sites is 1. The Balaban J connectivity index is 2.26. The minimum Gasteiger partial charge on any atom is -0.508 e. The third-order valence-electron chi connectivity index (χ3n) is 2.84. The second kappa shape index (κ2) is 5.84. The number of aromatic carboxylic acids is 1. The molecule has 1 heterocycles. The molecule has 0 saturated carbocycles. The van der Waals surface area contributed by atoms with Crippen LogP contribution in [0.4, 0.5) is 0 Å². The number of hydrogen-bond acceptors (Lipinski definition) is 5. The van der Waals surface area contributed by atoms with Crippen LogP contribution in [0, 0.1) is 0 Å². The molecule has 0 atom stereocenters. The van der Waals surface area contributed by atoms with Crippen LogP contribution in [-0.4, -0.2) is 36.0 Å². The first-order chi connectivity index (χ1) is 9.82. The van der Waals surface area contributed by atoms with Gasteiger partial charge in [0.15, 0.2) is 0 Å². The average molecular weight is 327 g/mol. The molecule has 8 heteroatoms. The summed E-state index contributed by atoms with van der Waals surface area (Å²) in [4.78, 5) is 10.8. The van der Waals surface area contributed by atoms with Crippen molar-refractivity contribution in [3.63, 3.8) is 0 Å². The molecule has 2 rings (SSSR count). The van der Waals surface area contributed by atoms with Crippen molar-refractivity contribution < 1.29 is 23.4 Å². The maximum atomic E-state index is 12.3. The van der Waals surface area contributed by atoms with Gasteiger partial charge in [0.05, 0.1) is 0 Å². The summed E-state index contributed by atoms with van der Waals surface area (Å²) in [7, 11) is -2.41. The van der Waals surface area contributed by atoms with Gasteiger partial charge >= 0.3 is 5.97 Å². The summed E-state index contributed by atoms with van der Waals surface area (Å²) in [6.07, 6.45) is 0. The summed E-state index contributed by atoms with van der Waals surface area (Å²) in [6, 6.07) is 8.97. The van der Waals surface area contributed by atoms with E-state index in [1.165, 1.54) is 25.2 Å². The Morgan fingerprint density at radius 3 is 2.48 bits per heavy atom. The predicted octanol–water partition coefficient (Wildman–Crippen LogP) is 1.97. The smallest absolute Gasteiger partial charge is 0.345 e. The van der Waals surface area contributed by atoms with Gasteiger partial charge in [-0.05, 0) is 18.2 Å². The molecule has 0 aliphatic heterocycles. The van der Waals surface area contributed by atoms with Crippen molar-refractivity contribution in [2.75, 3.05) is 7.05 Å². The molecular weight excluding hydrogens is 314 g/mol. The molecule has 0 fully saturated rings. The van der Waals surface area contributed by atoms with Crippen molar-refractivity contribution in [1.29, 1.82) is 0 Å². The van der Waals surface area contributed by atoms with E-state index in [1.54, 1.807) is 18.2 Å². The van der Waals surface area contributed by atoms with Crippen LogP contribution in [0.25, 0.3) is 0 Å². The van der Waals surface area contributed by atoms with Crippen molar-refractivity contribution in [3.05, 3.63) is 46.8 Å². The minimum absolute atomic E-state index is 0.00465. The van der Waals surface area contributed by atoms with Crippen LogP contribution in [0.5, 0.6) is 5.75 Å². The Labute approximate surface area is 125 Å². The van der Waals surface area contributed by atoms with E-state index in [0.717, 1.165) is 4.31 Å². The zero-order valence-electron chi connectivity index (χ0n) is 11.1. The van der Waals surface area contributed by atoms with Gasteiger partial charge in [-0.2, -0.15) is 4.31 Å². The summed E-state index contributed by atoms with van der Waals surface area (Å²) in [5, 5.41) is 18.5. The van der Waals surface area contributed by atoms with E-state index in [9.17, 15) is 18.3 Å². The molecule has 0 unspecified atom stereocenters. The lowest BCUT2D eigenvalue weighted by Gasteiger charge is -2.16. The number of carboxylic acids is 1. The van der Waals surface area contributed by atoms with E-state index in [0.29, 0.717) is 16.9 Å². The zero-order chi connectivity index (χ0) is 15.6. The van der Waals surface area contributed by atoms with Crippen LogP contribution in [0.1, 0.15) is 15.2 Å². The first kappa shape index (κ1) is 15.5. The SMILES string of the molecule is CN(Cc1ccccc1O)S(=O)(=O)c1ccc(C(=O)O)s1. The van der Waals surface area contributed by atoms with Gasteiger partial charge in [-0.25, -0.2) is 13.2 Å². The molecule has 0 aliphatic carbocycles. The number of hydrogen-bond donors (Lipinski definition) is 2. The lowest BCUT2D eigenvalue weighted by molar-refractivity contribution is 0.0702. The standard InChI is InChI=1S/C13H13NO5S2/c1-14(8-9-4-2-3-5-10(9)15)21(18,19)12-7-6-11(20-12)13(16)17/h2-7,15H,8H2,1H3,(H,16,17). The Bertz CT molecular complexity index is 766. The monoisotopic (exact) mass is 327 g/mol. The molecular formula is C13H13NO5S2. The van der Waals surface area contributed by atoms with Crippen molar-refractivity contribution >= 4 is 27.3 Å². The Hall–Kier alpha value is -1.90. The fourth-order valence-corrected chi connectivity index (χ4v) is 4.20. The van der Waals surface area contributed by atoms with Gasteiger partial charge in [0.25, 0.3) is 10.0 Å².